The summed E-state index contributed by atoms with van der Waals surface area (Å²) in [4.78, 5) is 28.4. The van der Waals surface area contributed by atoms with E-state index in [4.69, 9.17) is 4.74 Å². The van der Waals surface area contributed by atoms with Crippen molar-refractivity contribution in [2.45, 2.75) is 58.7 Å². The number of ether oxygens (including phenoxy) is 1. The summed E-state index contributed by atoms with van der Waals surface area (Å²) >= 11 is 2.22. The second kappa shape index (κ2) is 13.4. The molecule has 3 heterocycles. The summed E-state index contributed by atoms with van der Waals surface area (Å²) in [7, 11) is 3.51. The number of nitrogens with one attached hydrogen (secondary N) is 2. The van der Waals surface area contributed by atoms with Gasteiger partial charge in [0.05, 0.1) is 6.61 Å². The van der Waals surface area contributed by atoms with Gasteiger partial charge in [-0.2, -0.15) is 9.78 Å². The molecule has 1 unspecified atom stereocenters. The number of benzene rings is 1. The van der Waals surface area contributed by atoms with E-state index in [0.717, 1.165) is 30.8 Å². The SMILES string of the molecule is Cc1cc(Nc2cc(N3CCCC(NC(=O)c4ccc(C(C)(C)C)cc4)C3)nn(COCCSI)c2=O)nn1C. The van der Waals surface area contributed by atoms with E-state index in [9.17, 15) is 9.59 Å². The topological polar surface area (TPSA) is 106 Å². The van der Waals surface area contributed by atoms with Gasteiger partial charge in [0.15, 0.2) is 11.6 Å². The monoisotopic (exact) mass is 679 g/mol. The van der Waals surface area contributed by atoms with Crippen LogP contribution in [0.3, 0.4) is 0 Å². The van der Waals surface area contributed by atoms with E-state index >= 15 is 0 Å². The molecule has 3 aromatic rings. The third-order valence-corrected chi connectivity index (χ3v) is 8.59. The first-order valence-corrected chi connectivity index (χ1v) is 17.0. The van der Waals surface area contributed by atoms with Gasteiger partial charge in [0, 0.05) is 55.3 Å². The minimum atomic E-state index is -0.283. The summed E-state index contributed by atoms with van der Waals surface area (Å²) in [5.74, 6) is 1.97. The minimum absolute atomic E-state index is 0.0329. The maximum absolute atomic E-state index is 13.3. The van der Waals surface area contributed by atoms with E-state index in [1.165, 1.54) is 10.2 Å². The third kappa shape index (κ3) is 7.78. The zero-order valence-corrected chi connectivity index (χ0v) is 26.7. The standard InChI is InChI=1S/C28H38IN7O3S/c1-19-15-24(32-34(19)5)31-23-16-25(33-36(27(23)38)18-39-13-14-40-29)35-12-6-7-22(17-35)30-26(37)20-8-10-21(11-9-20)28(2,3)4/h8-11,15-16,22H,6-7,12-14,17-18H2,1-5H3,(H,30,37)(H,31,32). The van der Waals surface area contributed by atoms with Crippen LogP contribution in [0.15, 0.2) is 41.2 Å². The van der Waals surface area contributed by atoms with E-state index in [1.54, 1.807) is 19.7 Å². The van der Waals surface area contributed by atoms with E-state index in [1.807, 2.05) is 44.3 Å². The average Bonchev–Trinajstić information content (AvgIpc) is 3.24. The van der Waals surface area contributed by atoms with Gasteiger partial charge >= 0.3 is 0 Å². The summed E-state index contributed by atoms with van der Waals surface area (Å²) in [6.07, 6.45) is 1.76. The Balaban J connectivity index is 1.52. The average molecular weight is 680 g/mol. The Morgan fingerprint density at radius 3 is 2.60 bits per heavy atom. The molecule has 216 valence electrons. The number of rotatable bonds is 10. The quantitative estimate of drug-likeness (QED) is 0.233. The predicted molar refractivity (Wildman–Crippen MR) is 170 cm³/mol. The van der Waals surface area contributed by atoms with E-state index in [2.05, 4.69) is 67.7 Å². The van der Waals surface area contributed by atoms with Crippen molar-refractivity contribution in [1.82, 2.24) is 24.9 Å². The Kier molecular flexibility index (Phi) is 10.2. The van der Waals surface area contributed by atoms with E-state index in [-0.39, 0.29) is 29.7 Å². The maximum Gasteiger partial charge on any atom is 0.292 e. The first kappa shape index (κ1) is 30.4. The molecule has 1 aliphatic rings. The number of anilines is 3. The highest BCUT2D eigenvalue weighted by molar-refractivity contribution is 14.2. The normalized spacial score (nSPS) is 15.8. The van der Waals surface area contributed by atoms with Crippen LogP contribution in [0.4, 0.5) is 17.3 Å². The molecule has 1 saturated heterocycles. The van der Waals surface area contributed by atoms with E-state index in [0.29, 0.717) is 36.0 Å². The lowest BCUT2D eigenvalue weighted by Crippen LogP contribution is -2.48. The van der Waals surface area contributed by atoms with Crippen molar-refractivity contribution in [2.75, 3.05) is 35.7 Å². The molecule has 4 rings (SSSR count). The van der Waals surface area contributed by atoms with Gasteiger partial charge in [-0.05, 0) is 64.1 Å². The fourth-order valence-electron chi connectivity index (χ4n) is 4.55. The lowest BCUT2D eigenvalue weighted by Gasteiger charge is -2.34. The fourth-order valence-corrected chi connectivity index (χ4v) is 5.27. The number of nitrogens with zero attached hydrogens (tertiary/aromatic N) is 5. The zero-order valence-electron chi connectivity index (χ0n) is 23.7. The van der Waals surface area contributed by atoms with Crippen molar-refractivity contribution in [1.29, 1.82) is 0 Å². The number of aromatic nitrogens is 4. The highest BCUT2D eigenvalue weighted by atomic mass is 127. The molecule has 0 radical (unpaired) electrons. The largest absolute Gasteiger partial charge is 0.358 e. The molecule has 0 aliphatic carbocycles. The lowest BCUT2D eigenvalue weighted by molar-refractivity contribution is 0.0779. The third-order valence-electron chi connectivity index (χ3n) is 6.95. The molecule has 10 nitrogen and oxygen atoms in total. The molecule has 40 heavy (non-hydrogen) atoms. The number of hydrogen-bond donors (Lipinski definition) is 2. The molecule has 1 fully saturated rings. The van der Waals surface area contributed by atoms with Crippen molar-refractivity contribution in [3.8, 4) is 0 Å². The molecule has 0 saturated carbocycles. The van der Waals surface area contributed by atoms with Crippen molar-refractivity contribution < 1.29 is 9.53 Å². The molecule has 2 aromatic heterocycles. The van der Waals surface area contributed by atoms with Gasteiger partial charge in [-0.15, -0.1) is 5.10 Å². The molecule has 12 heteroatoms. The molecular weight excluding hydrogens is 641 g/mol. The van der Waals surface area contributed by atoms with Crippen LogP contribution in [0.5, 0.6) is 0 Å². The van der Waals surface area contributed by atoms with Gasteiger partial charge < -0.3 is 20.3 Å². The number of aryl methyl sites for hydroxylation is 2. The molecular formula is C28H38IN7O3S. The summed E-state index contributed by atoms with van der Waals surface area (Å²) in [5.41, 5.74) is 2.94. The lowest BCUT2D eigenvalue weighted by atomic mass is 9.86. The van der Waals surface area contributed by atoms with Gasteiger partial charge in [0.2, 0.25) is 0 Å². The smallest absolute Gasteiger partial charge is 0.292 e. The molecule has 0 bridgehead atoms. The Bertz CT molecular complexity index is 1350. The van der Waals surface area contributed by atoms with Crippen LogP contribution in [0, 0.1) is 6.92 Å². The van der Waals surface area contributed by atoms with Gasteiger partial charge in [-0.3, -0.25) is 14.3 Å². The molecule has 2 N–H and O–H groups in total. The maximum atomic E-state index is 13.3. The van der Waals surface area contributed by atoms with Gasteiger partial charge in [-0.1, -0.05) is 41.8 Å². The number of carbonyl (C=O) groups is 1. The van der Waals surface area contributed by atoms with Gasteiger partial charge in [-0.25, -0.2) is 0 Å². The Morgan fingerprint density at radius 1 is 1.20 bits per heavy atom. The van der Waals surface area contributed by atoms with Crippen LogP contribution < -0.4 is 21.1 Å². The minimum Gasteiger partial charge on any atom is -0.358 e. The van der Waals surface area contributed by atoms with Crippen molar-refractivity contribution >= 4 is 53.4 Å². The van der Waals surface area contributed by atoms with Crippen molar-refractivity contribution in [3.05, 3.63) is 63.6 Å². The predicted octanol–water partition coefficient (Wildman–Crippen LogP) is 4.78. The molecule has 1 amide bonds. The first-order valence-electron chi connectivity index (χ1n) is 13.4. The number of carbonyl (C=O) groups excluding carboxylic acids is 1. The summed E-state index contributed by atoms with van der Waals surface area (Å²) in [6.45, 7) is 10.4. The van der Waals surface area contributed by atoms with Crippen LogP contribution in [0.2, 0.25) is 0 Å². The molecule has 1 aromatic carbocycles. The van der Waals surface area contributed by atoms with Crippen molar-refractivity contribution in [3.63, 3.8) is 0 Å². The molecule has 0 spiro atoms. The van der Waals surface area contributed by atoms with E-state index < -0.39 is 0 Å². The van der Waals surface area contributed by atoms with Crippen LogP contribution in [0.25, 0.3) is 0 Å². The summed E-state index contributed by atoms with van der Waals surface area (Å²) in [5, 5.41) is 15.4. The second-order valence-electron chi connectivity index (χ2n) is 11.1. The zero-order chi connectivity index (χ0) is 28.9. The number of halogens is 1. The molecule has 1 atom stereocenters. The highest BCUT2D eigenvalue weighted by Gasteiger charge is 2.25. The number of hydrogen-bond acceptors (Lipinski definition) is 8. The highest BCUT2D eigenvalue weighted by Crippen LogP contribution is 2.24. The van der Waals surface area contributed by atoms with Crippen LogP contribution in [0.1, 0.15) is 55.2 Å². The first-order chi connectivity index (χ1) is 19.0. The van der Waals surface area contributed by atoms with Gasteiger partial charge in [0.25, 0.3) is 11.5 Å². The Morgan fingerprint density at radius 2 is 1.95 bits per heavy atom. The Hall–Kier alpha value is -2.58. The van der Waals surface area contributed by atoms with Crippen LogP contribution >= 0.6 is 30.1 Å². The number of piperidine rings is 1. The van der Waals surface area contributed by atoms with Gasteiger partial charge in [0.1, 0.15) is 12.4 Å². The Labute approximate surface area is 251 Å². The number of amides is 1. The van der Waals surface area contributed by atoms with Crippen LogP contribution in [-0.4, -0.2) is 57.0 Å². The van der Waals surface area contributed by atoms with Crippen molar-refractivity contribution in [2.24, 2.45) is 7.05 Å². The molecule has 1 aliphatic heterocycles. The van der Waals surface area contributed by atoms with Crippen LogP contribution in [-0.2, 0) is 23.9 Å². The summed E-state index contributed by atoms with van der Waals surface area (Å²) < 4.78 is 8.82. The summed E-state index contributed by atoms with van der Waals surface area (Å²) in [6, 6.07) is 11.4. The fraction of sp³-hybridized carbons (Fsp3) is 0.500. The second-order valence-corrected chi connectivity index (χ2v) is 13.6.